The Morgan fingerprint density at radius 2 is 1.94 bits per heavy atom. The van der Waals surface area contributed by atoms with Crippen LogP contribution in [0.4, 0.5) is 0 Å². The zero-order valence-corrected chi connectivity index (χ0v) is 11.5. The van der Waals surface area contributed by atoms with Gasteiger partial charge in [-0.15, -0.1) is 0 Å². The van der Waals surface area contributed by atoms with Crippen LogP contribution in [0.5, 0.6) is 0 Å². The maximum absolute atomic E-state index is 11.2. The lowest BCUT2D eigenvalue weighted by Crippen LogP contribution is -2.34. The average molecular weight is 247 g/mol. The van der Waals surface area contributed by atoms with Crippen LogP contribution in [-0.4, -0.2) is 27.0 Å². The topological polar surface area (TPSA) is 60.2 Å². The zero-order valence-electron chi connectivity index (χ0n) is 10.7. The molecule has 96 valence electrons. The third-order valence-electron chi connectivity index (χ3n) is 3.84. The predicted molar refractivity (Wildman–Crippen MR) is 68.0 cm³/mol. The lowest BCUT2D eigenvalue weighted by Gasteiger charge is -2.40. The van der Waals surface area contributed by atoms with E-state index in [1.165, 1.54) is 12.7 Å². The van der Waals surface area contributed by atoms with Crippen LogP contribution in [0.15, 0.2) is 0 Å². The molecule has 1 aliphatic carbocycles. The highest BCUT2D eigenvalue weighted by Gasteiger charge is 2.34. The van der Waals surface area contributed by atoms with Gasteiger partial charge in [0, 0.05) is 6.26 Å². The normalized spacial score (nSPS) is 30.2. The summed E-state index contributed by atoms with van der Waals surface area (Å²) in [5.74, 6) is 1.32. The Morgan fingerprint density at radius 3 is 2.44 bits per heavy atom. The lowest BCUT2D eigenvalue weighted by atomic mass is 9.66. The van der Waals surface area contributed by atoms with E-state index >= 15 is 0 Å². The zero-order chi connectivity index (χ0) is 12.4. The van der Waals surface area contributed by atoms with E-state index in [4.69, 9.17) is 5.73 Å². The van der Waals surface area contributed by atoms with Crippen molar-refractivity contribution < 1.29 is 8.42 Å². The Bertz CT molecular complexity index is 322. The summed E-state index contributed by atoms with van der Waals surface area (Å²) < 4.78 is 22.4. The van der Waals surface area contributed by atoms with E-state index in [-0.39, 0.29) is 0 Å². The Kier molecular flexibility index (Phi) is 4.41. The molecule has 2 N–H and O–H groups in total. The quantitative estimate of drug-likeness (QED) is 0.824. The Labute approximate surface area is 99.7 Å². The van der Waals surface area contributed by atoms with Gasteiger partial charge in [-0.2, -0.15) is 0 Å². The van der Waals surface area contributed by atoms with Crippen molar-refractivity contribution in [2.75, 3.05) is 18.6 Å². The van der Waals surface area contributed by atoms with Crippen molar-refractivity contribution in [3.8, 4) is 0 Å². The summed E-state index contributed by atoms with van der Waals surface area (Å²) in [6.45, 7) is 5.24. The van der Waals surface area contributed by atoms with Gasteiger partial charge in [0.05, 0.1) is 5.75 Å². The molecule has 0 aromatic carbocycles. The minimum atomic E-state index is -2.83. The Balaban J connectivity index is 2.59. The van der Waals surface area contributed by atoms with Crippen molar-refractivity contribution in [3.63, 3.8) is 0 Å². The molecule has 0 aromatic rings. The fraction of sp³-hybridized carbons (Fsp3) is 1.00. The number of nitrogens with two attached hydrogens (primary N) is 1. The van der Waals surface area contributed by atoms with Gasteiger partial charge in [0.1, 0.15) is 9.84 Å². The molecule has 16 heavy (non-hydrogen) atoms. The largest absolute Gasteiger partial charge is 0.330 e. The maximum atomic E-state index is 11.2. The van der Waals surface area contributed by atoms with Crippen molar-refractivity contribution in [2.45, 2.75) is 39.5 Å². The summed E-state index contributed by atoms with van der Waals surface area (Å²) in [7, 11) is -2.83. The van der Waals surface area contributed by atoms with Crippen LogP contribution < -0.4 is 5.73 Å². The van der Waals surface area contributed by atoms with Crippen LogP contribution in [0.25, 0.3) is 0 Å². The van der Waals surface area contributed by atoms with E-state index in [0.29, 0.717) is 29.5 Å². The van der Waals surface area contributed by atoms with Gasteiger partial charge in [-0.1, -0.05) is 13.8 Å². The van der Waals surface area contributed by atoms with Gasteiger partial charge in [0.15, 0.2) is 0 Å². The minimum Gasteiger partial charge on any atom is -0.330 e. The summed E-state index contributed by atoms with van der Waals surface area (Å²) in [5, 5.41) is 0. The van der Waals surface area contributed by atoms with Crippen LogP contribution in [0.3, 0.4) is 0 Å². The molecular formula is C12H25NO2S. The van der Waals surface area contributed by atoms with E-state index in [1.54, 1.807) is 0 Å². The van der Waals surface area contributed by atoms with Crippen LogP contribution in [0, 0.1) is 17.3 Å². The van der Waals surface area contributed by atoms with Gasteiger partial charge < -0.3 is 5.73 Å². The average Bonchev–Trinajstić information content (AvgIpc) is 2.12. The van der Waals surface area contributed by atoms with Crippen molar-refractivity contribution in [3.05, 3.63) is 0 Å². The van der Waals surface area contributed by atoms with Crippen molar-refractivity contribution in [2.24, 2.45) is 23.0 Å². The second-order valence-electron chi connectivity index (χ2n) is 6.08. The first-order valence-electron chi connectivity index (χ1n) is 6.11. The Hall–Kier alpha value is -0.0900. The third-order valence-corrected chi connectivity index (χ3v) is 4.81. The van der Waals surface area contributed by atoms with Gasteiger partial charge >= 0.3 is 0 Å². The third kappa shape index (κ3) is 4.42. The smallest absolute Gasteiger partial charge is 0.147 e. The van der Waals surface area contributed by atoms with Gasteiger partial charge in [0.2, 0.25) is 0 Å². The first-order chi connectivity index (χ1) is 7.23. The molecule has 2 atom stereocenters. The van der Waals surface area contributed by atoms with Crippen LogP contribution in [0.2, 0.25) is 0 Å². The van der Waals surface area contributed by atoms with Crippen LogP contribution in [0.1, 0.15) is 39.5 Å². The monoisotopic (exact) mass is 247 g/mol. The molecule has 1 fully saturated rings. The molecule has 2 unspecified atom stereocenters. The van der Waals surface area contributed by atoms with E-state index in [1.807, 2.05) is 0 Å². The molecule has 3 nitrogen and oxygen atoms in total. The van der Waals surface area contributed by atoms with Crippen molar-refractivity contribution in [1.29, 1.82) is 0 Å². The molecule has 0 amide bonds. The molecule has 4 heteroatoms. The molecule has 1 aliphatic rings. The summed E-state index contributed by atoms with van der Waals surface area (Å²) in [4.78, 5) is 0. The summed E-state index contributed by atoms with van der Waals surface area (Å²) in [6.07, 6.45) is 5.58. The molecule has 0 aliphatic heterocycles. The first kappa shape index (κ1) is 14.0. The summed E-state index contributed by atoms with van der Waals surface area (Å²) >= 11 is 0. The second-order valence-corrected chi connectivity index (χ2v) is 8.34. The number of sulfone groups is 1. The van der Waals surface area contributed by atoms with E-state index < -0.39 is 9.84 Å². The van der Waals surface area contributed by atoms with Gasteiger partial charge in [0.25, 0.3) is 0 Å². The van der Waals surface area contributed by atoms with Crippen molar-refractivity contribution in [1.82, 2.24) is 0 Å². The van der Waals surface area contributed by atoms with Gasteiger partial charge in [-0.05, 0) is 49.5 Å². The Morgan fingerprint density at radius 1 is 1.31 bits per heavy atom. The van der Waals surface area contributed by atoms with Gasteiger partial charge in [-0.25, -0.2) is 8.42 Å². The maximum Gasteiger partial charge on any atom is 0.147 e. The fourth-order valence-electron chi connectivity index (χ4n) is 2.80. The predicted octanol–water partition coefficient (Wildman–Crippen LogP) is 1.82. The highest BCUT2D eigenvalue weighted by atomic mass is 32.2. The van der Waals surface area contributed by atoms with Crippen LogP contribution >= 0.6 is 0 Å². The van der Waals surface area contributed by atoms with E-state index in [0.717, 1.165) is 19.3 Å². The molecular weight excluding hydrogens is 222 g/mol. The summed E-state index contributed by atoms with van der Waals surface area (Å²) in [5.41, 5.74) is 6.13. The second kappa shape index (κ2) is 5.05. The molecule has 0 spiro atoms. The highest BCUT2D eigenvalue weighted by Crippen LogP contribution is 2.42. The SMILES string of the molecule is CC1(C)CCC(CN)C(CCS(C)(=O)=O)C1. The van der Waals surface area contributed by atoms with Crippen molar-refractivity contribution >= 4 is 9.84 Å². The van der Waals surface area contributed by atoms with E-state index in [2.05, 4.69) is 13.8 Å². The van der Waals surface area contributed by atoms with Gasteiger partial charge in [-0.3, -0.25) is 0 Å². The molecule has 0 aromatic heterocycles. The lowest BCUT2D eigenvalue weighted by molar-refractivity contribution is 0.119. The molecule has 0 bridgehead atoms. The number of hydrogen-bond donors (Lipinski definition) is 1. The number of hydrogen-bond acceptors (Lipinski definition) is 3. The molecule has 0 heterocycles. The molecule has 1 rings (SSSR count). The molecule has 0 saturated heterocycles. The highest BCUT2D eigenvalue weighted by molar-refractivity contribution is 7.90. The molecule has 0 radical (unpaired) electrons. The van der Waals surface area contributed by atoms with Crippen LogP contribution in [-0.2, 0) is 9.84 Å². The standard InChI is InChI=1S/C12H25NO2S/c1-12(2)6-4-11(9-13)10(8-12)5-7-16(3,14)15/h10-11H,4-9,13H2,1-3H3. The molecule has 1 saturated carbocycles. The number of rotatable bonds is 4. The van der Waals surface area contributed by atoms with E-state index in [9.17, 15) is 8.42 Å². The summed E-state index contributed by atoms with van der Waals surface area (Å²) in [6, 6.07) is 0. The first-order valence-corrected chi connectivity index (χ1v) is 8.17. The fourth-order valence-corrected chi connectivity index (χ4v) is 3.53. The minimum absolute atomic E-state index is 0.310.